The van der Waals surface area contributed by atoms with Crippen molar-refractivity contribution in [2.45, 2.75) is 31.7 Å². The molecule has 1 N–H and O–H groups in total. The average Bonchev–Trinajstić information content (AvgIpc) is 2.97. The van der Waals surface area contributed by atoms with Crippen molar-refractivity contribution in [3.63, 3.8) is 0 Å². The van der Waals surface area contributed by atoms with E-state index in [0.29, 0.717) is 6.04 Å². The number of hydrogen-bond donors (Lipinski definition) is 1. The van der Waals surface area contributed by atoms with E-state index in [-0.39, 0.29) is 5.82 Å². The van der Waals surface area contributed by atoms with Crippen LogP contribution in [0.3, 0.4) is 0 Å². The van der Waals surface area contributed by atoms with Gasteiger partial charge in [0.2, 0.25) is 0 Å². The lowest BCUT2D eigenvalue weighted by molar-refractivity contribution is 0.512. The van der Waals surface area contributed by atoms with E-state index in [2.05, 4.69) is 11.4 Å². The maximum Gasteiger partial charge on any atom is 0.126 e. The Bertz CT molecular complexity index is 371. The quantitative estimate of drug-likeness (QED) is 0.800. The van der Waals surface area contributed by atoms with Crippen molar-refractivity contribution in [2.24, 2.45) is 5.92 Å². The third kappa shape index (κ3) is 1.78. The SMILES string of the molecule is Fc1cccc2c1CCC2NCC1CC1. The monoisotopic (exact) mass is 205 g/mol. The molecule has 1 aromatic carbocycles. The van der Waals surface area contributed by atoms with Gasteiger partial charge in [-0.1, -0.05) is 12.1 Å². The molecule has 1 fully saturated rings. The molecule has 0 bridgehead atoms. The zero-order chi connectivity index (χ0) is 10.3. The second-order valence-electron chi connectivity index (χ2n) is 4.75. The standard InChI is InChI=1S/C13H16FN/c14-12-3-1-2-11-10(12)6-7-13(11)15-8-9-4-5-9/h1-3,9,13,15H,4-8H2. The molecule has 0 amide bonds. The molecule has 15 heavy (non-hydrogen) atoms. The normalized spacial score (nSPS) is 24.2. The zero-order valence-electron chi connectivity index (χ0n) is 8.80. The van der Waals surface area contributed by atoms with E-state index in [1.807, 2.05) is 6.07 Å². The van der Waals surface area contributed by atoms with Gasteiger partial charge in [-0.15, -0.1) is 0 Å². The summed E-state index contributed by atoms with van der Waals surface area (Å²) in [5, 5.41) is 3.56. The van der Waals surface area contributed by atoms with Crippen LogP contribution >= 0.6 is 0 Å². The highest BCUT2D eigenvalue weighted by molar-refractivity contribution is 5.35. The third-order valence-electron chi connectivity index (χ3n) is 3.56. The van der Waals surface area contributed by atoms with Crippen LogP contribution in [0.4, 0.5) is 4.39 Å². The van der Waals surface area contributed by atoms with Crippen molar-refractivity contribution in [3.05, 3.63) is 35.1 Å². The summed E-state index contributed by atoms with van der Waals surface area (Å²) in [4.78, 5) is 0. The fraction of sp³-hybridized carbons (Fsp3) is 0.538. The molecule has 1 aromatic rings. The molecule has 2 heteroatoms. The lowest BCUT2D eigenvalue weighted by Gasteiger charge is -2.13. The van der Waals surface area contributed by atoms with Crippen molar-refractivity contribution < 1.29 is 4.39 Å². The Hall–Kier alpha value is -0.890. The van der Waals surface area contributed by atoms with E-state index in [0.717, 1.165) is 30.9 Å². The Morgan fingerprint density at radius 2 is 2.13 bits per heavy atom. The molecule has 0 aliphatic heterocycles. The van der Waals surface area contributed by atoms with Gasteiger partial charge in [0.25, 0.3) is 0 Å². The van der Waals surface area contributed by atoms with E-state index in [9.17, 15) is 4.39 Å². The number of rotatable bonds is 3. The largest absolute Gasteiger partial charge is 0.310 e. The van der Waals surface area contributed by atoms with Gasteiger partial charge in [-0.3, -0.25) is 0 Å². The molecular formula is C13H16FN. The first-order valence-corrected chi connectivity index (χ1v) is 5.85. The molecule has 1 atom stereocenters. The molecule has 2 aliphatic carbocycles. The Morgan fingerprint density at radius 3 is 2.93 bits per heavy atom. The smallest absolute Gasteiger partial charge is 0.126 e. The first kappa shape index (κ1) is 9.34. The maximum absolute atomic E-state index is 13.4. The Balaban J connectivity index is 1.75. The Kier molecular flexibility index (Phi) is 2.24. The van der Waals surface area contributed by atoms with Gasteiger partial charge in [-0.25, -0.2) is 4.39 Å². The molecule has 0 radical (unpaired) electrons. The Labute approximate surface area is 89.7 Å². The van der Waals surface area contributed by atoms with Crippen LogP contribution in [0.2, 0.25) is 0 Å². The number of nitrogens with one attached hydrogen (secondary N) is 1. The summed E-state index contributed by atoms with van der Waals surface area (Å²) in [7, 11) is 0. The van der Waals surface area contributed by atoms with Crippen molar-refractivity contribution >= 4 is 0 Å². The van der Waals surface area contributed by atoms with Crippen LogP contribution in [0, 0.1) is 11.7 Å². The lowest BCUT2D eigenvalue weighted by Crippen LogP contribution is -2.21. The number of benzene rings is 1. The minimum atomic E-state index is -0.0248. The highest BCUT2D eigenvalue weighted by atomic mass is 19.1. The minimum absolute atomic E-state index is 0.0248. The highest BCUT2D eigenvalue weighted by Gasteiger charge is 2.27. The molecule has 0 spiro atoms. The number of fused-ring (bicyclic) bond motifs is 1. The predicted octanol–water partition coefficient (Wildman–Crippen LogP) is 2.81. The predicted molar refractivity (Wildman–Crippen MR) is 58.2 cm³/mol. The molecule has 1 unspecified atom stereocenters. The maximum atomic E-state index is 13.4. The van der Waals surface area contributed by atoms with E-state index < -0.39 is 0 Å². The molecule has 0 aromatic heterocycles. The molecule has 3 rings (SSSR count). The second-order valence-corrected chi connectivity index (χ2v) is 4.75. The first-order chi connectivity index (χ1) is 7.34. The van der Waals surface area contributed by atoms with Crippen LogP contribution in [0.25, 0.3) is 0 Å². The van der Waals surface area contributed by atoms with Crippen LogP contribution in [-0.2, 0) is 6.42 Å². The summed E-state index contributed by atoms with van der Waals surface area (Å²) in [6, 6.07) is 5.86. The molecule has 80 valence electrons. The van der Waals surface area contributed by atoms with Gasteiger partial charge in [0.05, 0.1) is 0 Å². The number of hydrogen-bond acceptors (Lipinski definition) is 1. The van der Waals surface area contributed by atoms with E-state index in [1.54, 1.807) is 6.07 Å². The summed E-state index contributed by atoms with van der Waals surface area (Å²) in [6.45, 7) is 1.11. The summed E-state index contributed by atoms with van der Waals surface area (Å²) < 4.78 is 13.4. The summed E-state index contributed by atoms with van der Waals surface area (Å²) in [5.74, 6) is 0.867. The van der Waals surface area contributed by atoms with Gasteiger partial charge in [0.15, 0.2) is 0 Å². The van der Waals surface area contributed by atoms with Gasteiger partial charge in [-0.2, -0.15) is 0 Å². The van der Waals surface area contributed by atoms with Gasteiger partial charge >= 0.3 is 0 Å². The molecule has 1 nitrogen and oxygen atoms in total. The average molecular weight is 205 g/mol. The van der Waals surface area contributed by atoms with Gasteiger partial charge in [0, 0.05) is 6.04 Å². The van der Waals surface area contributed by atoms with E-state index >= 15 is 0 Å². The molecular weight excluding hydrogens is 189 g/mol. The van der Waals surface area contributed by atoms with Crippen LogP contribution < -0.4 is 5.32 Å². The van der Waals surface area contributed by atoms with Crippen LogP contribution in [0.5, 0.6) is 0 Å². The van der Waals surface area contributed by atoms with Gasteiger partial charge in [0.1, 0.15) is 5.82 Å². The molecule has 1 saturated carbocycles. The highest BCUT2D eigenvalue weighted by Crippen LogP contribution is 2.34. The topological polar surface area (TPSA) is 12.0 Å². The van der Waals surface area contributed by atoms with Crippen molar-refractivity contribution in [2.75, 3.05) is 6.54 Å². The molecule has 2 aliphatic rings. The van der Waals surface area contributed by atoms with Gasteiger partial charge in [-0.05, 0) is 55.3 Å². The fourth-order valence-electron chi connectivity index (χ4n) is 2.45. The van der Waals surface area contributed by atoms with Crippen molar-refractivity contribution in [1.82, 2.24) is 5.32 Å². The van der Waals surface area contributed by atoms with E-state index in [1.165, 1.54) is 18.4 Å². The summed E-state index contributed by atoms with van der Waals surface area (Å²) in [5.41, 5.74) is 2.13. The van der Waals surface area contributed by atoms with Crippen LogP contribution in [0.15, 0.2) is 18.2 Å². The lowest BCUT2D eigenvalue weighted by atomic mass is 10.1. The summed E-state index contributed by atoms with van der Waals surface area (Å²) in [6.07, 6.45) is 4.69. The molecule has 0 heterocycles. The van der Waals surface area contributed by atoms with Crippen molar-refractivity contribution in [3.8, 4) is 0 Å². The van der Waals surface area contributed by atoms with Crippen LogP contribution in [-0.4, -0.2) is 6.54 Å². The fourth-order valence-corrected chi connectivity index (χ4v) is 2.45. The summed E-state index contributed by atoms with van der Waals surface area (Å²) >= 11 is 0. The minimum Gasteiger partial charge on any atom is -0.310 e. The molecule has 0 saturated heterocycles. The van der Waals surface area contributed by atoms with Crippen molar-refractivity contribution in [1.29, 1.82) is 0 Å². The Morgan fingerprint density at radius 1 is 1.27 bits per heavy atom. The third-order valence-corrected chi connectivity index (χ3v) is 3.56. The van der Waals surface area contributed by atoms with E-state index in [4.69, 9.17) is 0 Å². The number of halogens is 1. The van der Waals surface area contributed by atoms with Gasteiger partial charge < -0.3 is 5.32 Å². The zero-order valence-corrected chi connectivity index (χ0v) is 8.80. The second kappa shape index (κ2) is 3.60. The first-order valence-electron chi connectivity index (χ1n) is 5.85. The van der Waals surface area contributed by atoms with Crippen LogP contribution in [0.1, 0.15) is 36.4 Å².